The van der Waals surface area contributed by atoms with Crippen molar-refractivity contribution in [1.29, 1.82) is 0 Å². The molecule has 1 aliphatic heterocycles. The molecule has 5 heteroatoms. The zero-order valence-corrected chi connectivity index (χ0v) is 16.3. The monoisotopic (exact) mass is 370 g/mol. The molecule has 1 aromatic heterocycles. The topological polar surface area (TPSA) is 32.8 Å². The molecule has 0 saturated carbocycles. The van der Waals surface area contributed by atoms with Crippen LogP contribution in [0, 0.1) is 5.92 Å². The highest BCUT2D eigenvalue weighted by Gasteiger charge is 2.26. The Morgan fingerprint density at radius 1 is 1.19 bits per heavy atom. The Morgan fingerprint density at radius 3 is 2.73 bits per heavy atom. The lowest BCUT2D eigenvalue weighted by atomic mass is 9.90. The minimum Gasteiger partial charge on any atom is -0.495 e. The molecule has 1 fully saturated rings. The number of anilines is 1. The summed E-state index contributed by atoms with van der Waals surface area (Å²) in [6.45, 7) is 5.51. The predicted molar refractivity (Wildman–Crippen MR) is 107 cm³/mol. The van der Waals surface area contributed by atoms with Gasteiger partial charge in [-0.25, -0.2) is 0 Å². The summed E-state index contributed by atoms with van der Waals surface area (Å²) in [5, 5.41) is 0. The van der Waals surface area contributed by atoms with Crippen LogP contribution in [0.1, 0.15) is 33.5 Å². The lowest BCUT2D eigenvalue weighted by Crippen LogP contribution is -2.48. The molecule has 26 heavy (non-hydrogen) atoms. The largest absolute Gasteiger partial charge is 0.495 e. The Hall–Kier alpha value is -2.01. The SMILES string of the molecule is COc1ccccc1N1CCN(C(=O)c2cc3c(s2)CC[C@@H](C)C3)CC1. The van der Waals surface area contributed by atoms with E-state index in [9.17, 15) is 4.79 Å². The molecule has 0 N–H and O–H groups in total. The van der Waals surface area contributed by atoms with Gasteiger partial charge in [-0.2, -0.15) is 0 Å². The highest BCUT2D eigenvalue weighted by Crippen LogP contribution is 2.33. The molecule has 0 radical (unpaired) electrons. The van der Waals surface area contributed by atoms with Crippen LogP contribution in [0.2, 0.25) is 0 Å². The smallest absolute Gasteiger partial charge is 0.264 e. The molecule has 2 heterocycles. The normalized spacial score (nSPS) is 20.0. The van der Waals surface area contributed by atoms with Crippen LogP contribution in [0.3, 0.4) is 0 Å². The molecule has 1 amide bonds. The molecule has 0 unspecified atom stereocenters. The Morgan fingerprint density at radius 2 is 1.96 bits per heavy atom. The first-order chi connectivity index (χ1) is 12.7. The number of amides is 1. The molecule has 2 aliphatic rings. The van der Waals surface area contributed by atoms with Gasteiger partial charge in [0.2, 0.25) is 0 Å². The Balaban J connectivity index is 1.42. The van der Waals surface area contributed by atoms with E-state index >= 15 is 0 Å². The third kappa shape index (κ3) is 3.32. The van der Waals surface area contributed by atoms with Crippen molar-refractivity contribution in [1.82, 2.24) is 4.90 Å². The van der Waals surface area contributed by atoms with Gasteiger partial charge in [0.15, 0.2) is 0 Å². The lowest BCUT2D eigenvalue weighted by molar-refractivity contribution is 0.0751. The van der Waals surface area contributed by atoms with Crippen LogP contribution in [-0.2, 0) is 12.8 Å². The van der Waals surface area contributed by atoms with E-state index in [2.05, 4.69) is 24.0 Å². The first kappa shape index (κ1) is 17.4. The molecule has 1 saturated heterocycles. The summed E-state index contributed by atoms with van der Waals surface area (Å²) in [5.74, 6) is 1.84. The van der Waals surface area contributed by atoms with Crippen molar-refractivity contribution < 1.29 is 9.53 Å². The molecule has 1 aliphatic carbocycles. The number of thiophene rings is 1. The zero-order valence-electron chi connectivity index (χ0n) is 15.5. The fourth-order valence-electron chi connectivity index (χ4n) is 4.01. The van der Waals surface area contributed by atoms with Gasteiger partial charge in [0, 0.05) is 31.1 Å². The highest BCUT2D eigenvalue weighted by atomic mass is 32.1. The van der Waals surface area contributed by atoms with Crippen molar-refractivity contribution in [2.45, 2.75) is 26.2 Å². The lowest BCUT2D eigenvalue weighted by Gasteiger charge is -2.36. The van der Waals surface area contributed by atoms with Crippen LogP contribution in [0.5, 0.6) is 5.75 Å². The number of hydrogen-bond donors (Lipinski definition) is 0. The van der Waals surface area contributed by atoms with E-state index in [-0.39, 0.29) is 5.91 Å². The van der Waals surface area contributed by atoms with Crippen LogP contribution in [-0.4, -0.2) is 44.1 Å². The number of ether oxygens (including phenoxy) is 1. The summed E-state index contributed by atoms with van der Waals surface area (Å²) in [5.41, 5.74) is 2.52. The number of methoxy groups -OCH3 is 1. The van der Waals surface area contributed by atoms with E-state index in [1.807, 2.05) is 23.1 Å². The van der Waals surface area contributed by atoms with Crippen molar-refractivity contribution in [3.05, 3.63) is 45.6 Å². The third-order valence-corrected chi connectivity index (χ3v) is 6.76. The average Bonchev–Trinajstić information content (AvgIpc) is 3.10. The first-order valence-corrected chi connectivity index (χ1v) is 10.3. The number of para-hydroxylation sites is 2. The Kier molecular flexibility index (Phi) is 4.90. The number of aryl methyl sites for hydroxylation is 1. The van der Waals surface area contributed by atoms with E-state index in [0.717, 1.165) is 61.3 Å². The van der Waals surface area contributed by atoms with E-state index in [1.165, 1.54) is 16.9 Å². The number of carbonyl (C=O) groups excluding carboxylic acids is 1. The maximum Gasteiger partial charge on any atom is 0.264 e. The van der Waals surface area contributed by atoms with Crippen molar-refractivity contribution in [3.8, 4) is 5.75 Å². The molecule has 4 rings (SSSR count). The number of rotatable bonds is 3. The second kappa shape index (κ2) is 7.31. The van der Waals surface area contributed by atoms with Crippen molar-refractivity contribution >= 4 is 22.9 Å². The number of piperazine rings is 1. The Labute approximate surface area is 159 Å². The fourth-order valence-corrected chi connectivity index (χ4v) is 5.18. The van der Waals surface area contributed by atoms with Crippen molar-refractivity contribution in [2.75, 3.05) is 38.2 Å². The minimum absolute atomic E-state index is 0.205. The molecule has 2 aromatic rings. The molecule has 4 nitrogen and oxygen atoms in total. The molecule has 138 valence electrons. The summed E-state index contributed by atoms with van der Waals surface area (Å²) >= 11 is 1.72. The van der Waals surface area contributed by atoms with Crippen LogP contribution in [0.4, 0.5) is 5.69 Å². The van der Waals surface area contributed by atoms with Gasteiger partial charge in [0.1, 0.15) is 5.75 Å². The number of benzene rings is 1. The molecular formula is C21H26N2O2S. The van der Waals surface area contributed by atoms with Gasteiger partial charge in [0.25, 0.3) is 5.91 Å². The van der Waals surface area contributed by atoms with Crippen molar-refractivity contribution in [2.24, 2.45) is 5.92 Å². The second-order valence-electron chi connectivity index (χ2n) is 7.36. The van der Waals surface area contributed by atoms with E-state index in [4.69, 9.17) is 4.74 Å². The maximum atomic E-state index is 13.0. The summed E-state index contributed by atoms with van der Waals surface area (Å²) in [4.78, 5) is 19.6. The van der Waals surface area contributed by atoms with E-state index in [1.54, 1.807) is 18.4 Å². The van der Waals surface area contributed by atoms with Gasteiger partial charge < -0.3 is 14.5 Å². The number of nitrogens with zero attached hydrogens (tertiary/aromatic N) is 2. The molecule has 0 bridgehead atoms. The highest BCUT2D eigenvalue weighted by molar-refractivity contribution is 7.14. The van der Waals surface area contributed by atoms with Crippen molar-refractivity contribution in [3.63, 3.8) is 0 Å². The first-order valence-electron chi connectivity index (χ1n) is 9.44. The molecule has 0 spiro atoms. The molecule has 1 atom stereocenters. The quantitative estimate of drug-likeness (QED) is 0.823. The second-order valence-corrected chi connectivity index (χ2v) is 8.49. The minimum atomic E-state index is 0.205. The van der Waals surface area contributed by atoms with Crippen LogP contribution in [0.25, 0.3) is 0 Å². The van der Waals surface area contributed by atoms with Gasteiger partial charge in [-0.15, -0.1) is 11.3 Å². The van der Waals surface area contributed by atoms with Gasteiger partial charge in [0.05, 0.1) is 17.7 Å². The standard InChI is InChI=1S/C21H26N2O2S/c1-15-7-8-19-16(13-15)14-20(26-19)21(24)23-11-9-22(10-12-23)17-5-3-4-6-18(17)25-2/h3-6,14-15H,7-13H2,1-2H3/t15-/m1/s1. The number of fused-ring (bicyclic) bond motifs is 1. The van der Waals surface area contributed by atoms with Crippen LogP contribution < -0.4 is 9.64 Å². The maximum absolute atomic E-state index is 13.0. The Bertz CT molecular complexity index is 793. The summed E-state index contributed by atoms with van der Waals surface area (Å²) in [7, 11) is 1.71. The number of hydrogen-bond acceptors (Lipinski definition) is 4. The summed E-state index contributed by atoms with van der Waals surface area (Å²) < 4.78 is 5.48. The number of carbonyl (C=O) groups is 1. The van der Waals surface area contributed by atoms with Gasteiger partial charge in [-0.3, -0.25) is 4.79 Å². The van der Waals surface area contributed by atoms with Gasteiger partial charge in [-0.05, 0) is 48.9 Å². The fraction of sp³-hybridized carbons (Fsp3) is 0.476. The zero-order chi connectivity index (χ0) is 18.1. The van der Waals surface area contributed by atoms with Crippen LogP contribution in [0.15, 0.2) is 30.3 Å². The van der Waals surface area contributed by atoms with E-state index < -0.39 is 0 Å². The van der Waals surface area contributed by atoms with Gasteiger partial charge in [-0.1, -0.05) is 19.1 Å². The molecular weight excluding hydrogens is 344 g/mol. The summed E-state index contributed by atoms with van der Waals surface area (Å²) in [6.07, 6.45) is 3.51. The average molecular weight is 371 g/mol. The van der Waals surface area contributed by atoms with Crippen LogP contribution >= 0.6 is 11.3 Å². The van der Waals surface area contributed by atoms with Gasteiger partial charge >= 0.3 is 0 Å². The third-order valence-electron chi connectivity index (χ3n) is 5.53. The summed E-state index contributed by atoms with van der Waals surface area (Å²) in [6, 6.07) is 10.3. The van der Waals surface area contributed by atoms with E-state index in [0.29, 0.717) is 0 Å². The predicted octanol–water partition coefficient (Wildman–Crippen LogP) is 3.84. The molecule has 1 aromatic carbocycles.